The summed E-state index contributed by atoms with van der Waals surface area (Å²) in [7, 11) is -3.34. The number of benzene rings is 2. The van der Waals surface area contributed by atoms with E-state index in [1.165, 1.54) is 0 Å². The van der Waals surface area contributed by atoms with Crippen molar-refractivity contribution in [2.75, 3.05) is 6.61 Å². The van der Waals surface area contributed by atoms with E-state index in [2.05, 4.69) is 39.3 Å². The molecule has 2 aromatic carbocycles. The van der Waals surface area contributed by atoms with Gasteiger partial charge in [-0.1, -0.05) is 12.1 Å². The number of ketones is 1. The van der Waals surface area contributed by atoms with Crippen molar-refractivity contribution in [1.29, 1.82) is 0 Å². The minimum absolute atomic E-state index is 0.0923. The second-order valence-corrected chi connectivity index (χ2v) is 17.7. The van der Waals surface area contributed by atoms with E-state index in [1.807, 2.05) is 42.5 Å². The first-order valence-corrected chi connectivity index (χ1v) is 16.1. The monoisotopic (exact) mass is 400 g/mol. The average Bonchev–Trinajstić information content (AvgIpc) is 2.53. The maximum Gasteiger partial charge on any atom is 0.242 e. The molecule has 0 saturated heterocycles. The van der Waals surface area contributed by atoms with Gasteiger partial charge in [0.15, 0.2) is 5.78 Å². The van der Waals surface area contributed by atoms with Gasteiger partial charge in [-0.2, -0.15) is 0 Å². The Hall–Kier alpha value is -2.06. The third-order valence-electron chi connectivity index (χ3n) is 4.07. The van der Waals surface area contributed by atoms with Gasteiger partial charge in [-0.25, -0.2) is 0 Å². The number of Topliss-reactive ketones (excluding diaryl/α,β-unsaturated/α-hetero) is 1. The van der Waals surface area contributed by atoms with E-state index >= 15 is 0 Å². The standard InChI is InChI=1S/C21H28O4Si2/c1-26(2,3)24-16-9-7-15(8-10-16)19-14-23-20-13-17(25-27(4,5)6)11-12-18(20)21(19)22/h7-13,19H,14H2,1-6H3. The minimum Gasteiger partial charge on any atom is -0.544 e. The summed E-state index contributed by atoms with van der Waals surface area (Å²) in [6.45, 7) is 13.2. The van der Waals surface area contributed by atoms with Crippen LogP contribution in [0.3, 0.4) is 0 Å². The van der Waals surface area contributed by atoms with Crippen molar-refractivity contribution < 1.29 is 18.4 Å². The second kappa shape index (κ2) is 7.16. The van der Waals surface area contributed by atoms with Gasteiger partial charge in [-0.05, 0) is 69.1 Å². The molecule has 0 aliphatic carbocycles. The van der Waals surface area contributed by atoms with Crippen LogP contribution >= 0.6 is 0 Å². The predicted molar refractivity (Wildman–Crippen MR) is 113 cm³/mol. The van der Waals surface area contributed by atoms with Crippen molar-refractivity contribution in [1.82, 2.24) is 0 Å². The number of hydrogen-bond donors (Lipinski definition) is 0. The van der Waals surface area contributed by atoms with Crippen LogP contribution in [-0.4, -0.2) is 29.0 Å². The van der Waals surface area contributed by atoms with E-state index < -0.39 is 16.6 Å². The molecule has 0 bridgehead atoms. The Morgan fingerprint density at radius 2 is 1.41 bits per heavy atom. The van der Waals surface area contributed by atoms with E-state index in [1.54, 1.807) is 0 Å². The Morgan fingerprint density at radius 3 is 2.00 bits per heavy atom. The van der Waals surface area contributed by atoms with Crippen LogP contribution in [0.15, 0.2) is 42.5 Å². The largest absolute Gasteiger partial charge is 0.544 e. The molecule has 144 valence electrons. The molecule has 4 nitrogen and oxygen atoms in total. The lowest BCUT2D eigenvalue weighted by Crippen LogP contribution is -2.30. The van der Waals surface area contributed by atoms with Gasteiger partial charge in [-0.15, -0.1) is 0 Å². The third kappa shape index (κ3) is 5.02. The van der Waals surface area contributed by atoms with Gasteiger partial charge >= 0.3 is 0 Å². The normalized spacial score (nSPS) is 17.1. The van der Waals surface area contributed by atoms with Gasteiger partial charge < -0.3 is 13.6 Å². The van der Waals surface area contributed by atoms with E-state index in [9.17, 15) is 4.79 Å². The molecule has 1 heterocycles. The van der Waals surface area contributed by atoms with Crippen LogP contribution in [0.5, 0.6) is 17.2 Å². The van der Waals surface area contributed by atoms with Gasteiger partial charge in [-0.3, -0.25) is 4.79 Å². The summed E-state index contributed by atoms with van der Waals surface area (Å²) in [5, 5.41) is 0. The smallest absolute Gasteiger partial charge is 0.242 e. The predicted octanol–water partition coefficient (Wildman–Crippen LogP) is 5.47. The van der Waals surface area contributed by atoms with Crippen LogP contribution in [0.25, 0.3) is 0 Å². The summed E-state index contributed by atoms with van der Waals surface area (Å²) in [6.07, 6.45) is 0. The Kier molecular flexibility index (Phi) is 5.23. The zero-order valence-electron chi connectivity index (χ0n) is 17.0. The SMILES string of the molecule is C[Si](C)(C)Oc1ccc(C2COc3cc(O[Si](C)(C)C)ccc3C2=O)cc1. The first kappa shape index (κ1) is 19.7. The van der Waals surface area contributed by atoms with Crippen LogP contribution in [0.4, 0.5) is 0 Å². The molecule has 1 unspecified atom stereocenters. The van der Waals surface area contributed by atoms with Crippen molar-refractivity contribution in [3.8, 4) is 17.2 Å². The van der Waals surface area contributed by atoms with Crippen molar-refractivity contribution in [3.05, 3.63) is 53.6 Å². The maximum atomic E-state index is 13.0. The highest BCUT2D eigenvalue weighted by Gasteiger charge is 2.31. The molecule has 3 rings (SSSR count). The summed E-state index contributed by atoms with van der Waals surface area (Å²) in [4.78, 5) is 13.0. The molecule has 0 spiro atoms. The molecule has 2 aromatic rings. The third-order valence-corrected chi connectivity index (χ3v) is 5.77. The fourth-order valence-electron chi connectivity index (χ4n) is 3.05. The van der Waals surface area contributed by atoms with E-state index in [4.69, 9.17) is 13.6 Å². The fraction of sp³-hybridized carbons (Fsp3) is 0.381. The first-order chi connectivity index (χ1) is 12.5. The van der Waals surface area contributed by atoms with Gasteiger partial charge in [0.25, 0.3) is 0 Å². The minimum atomic E-state index is -1.70. The average molecular weight is 401 g/mol. The molecule has 0 aromatic heterocycles. The Balaban J connectivity index is 1.78. The molecule has 0 saturated carbocycles. The molecule has 1 aliphatic rings. The Morgan fingerprint density at radius 1 is 0.852 bits per heavy atom. The number of hydrogen-bond acceptors (Lipinski definition) is 4. The van der Waals surface area contributed by atoms with Gasteiger partial charge in [0.1, 0.15) is 23.9 Å². The van der Waals surface area contributed by atoms with E-state index in [0.717, 1.165) is 17.1 Å². The maximum absolute atomic E-state index is 13.0. The number of ether oxygens (including phenoxy) is 1. The molecule has 1 aliphatic heterocycles. The van der Waals surface area contributed by atoms with Crippen LogP contribution in [-0.2, 0) is 0 Å². The van der Waals surface area contributed by atoms with E-state index in [-0.39, 0.29) is 11.7 Å². The fourth-order valence-corrected chi connectivity index (χ4v) is 4.73. The zero-order chi connectivity index (χ0) is 19.8. The number of fused-ring (bicyclic) bond motifs is 1. The number of rotatable bonds is 5. The van der Waals surface area contributed by atoms with Crippen LogP contribution in [0.2, 0.25) is 39.3 Å². The topological polar surface area (TPSA) is 44.8 Å². The molecule has 0 fully saturated rings. The second-order valence-electron chi connectivity index (χ2n) is 8.88. The van der Waals surface area contributed by atoms with E-state index in [0.29, 0.717) is 17.9 Å². The summed E-state index contributed by atoms with van der Waals surface area (Å²) in [5.74, 6) is 2.05. The van der Waals surface area contributed by atoms with Gasteiger partial charge in [0.05, 0.1) is 11.5 Å². The van der Waals surface area contributed by atoms with Crippen LogP contribution in [0.1, 0.15) is 21.8 Å². The molecule has 27 heavy (non-hydrogen) atoms. The lowest BCUT2D eigenvalue weighted by molar-refractivity contribution is 0.0896. The molecule has 0 N–H and O–H groups in total. The number of carbonyl (C=O) groups excluding carboxylic acids is 1. The highest BCUT2D eigenvalue weighted by atomic mass is 28.4. The Labute approximate surface area is 163 Å². The highest BCUT2D eigenvalue weighted by molar-refractivity contribution is 6.70. The van der Waals surface area contributed by atoms with Crippen LogP contribution < -0.4 is 13.6 Å². The summed E-state index contributed by atoms with van der Waals surface area (Å²) < 4.78 is 17.9. The van der Waals surface area contributed by atoms with Crippen molar-refractivity contribution in [2.24, 2.45) is 0 Å². The lowest BCUT2D eigenvalue weighted by atomic mass is 9.89. The summed E-state index contributed by atoms with van der Waals surface area (Å²) in [5.41, 5.74) is 1.58. The molecule has 0 amide bonds. The molecule has 1 atom stereocenters. The summed E-state index contributed by atoms with van der Waals surface area (Å²) >= 11 is 0. The first-order valence-electron chi connectivity index (χ1n) is 9.31. The van der Waals surface area contributed by atoms with Crippen molar-refractivity contribution >= 4 is 22.4 Å². The highest BCUT2D eigenvalue weighted by Crippen LogP contribution is 2.36. The Bertz CT molecular complexity index is 833. The van der Waals surface area contributed by atoms with Crippen molar-refractivity contribution in [2.45, 2.75) is 45.2 Å². The molecular formula is C21H28O4Si2. The molecular weight excluding hydrogens is 372 g/mol. The van der Waals surface area contributed by atoms with Gasteiger partial charge in [0, 0.05) is 6.07 Å². The van der Waals surface area contributed by atoms with Crippen molar-refractivity contribution in [3.63, 3.8) is 0 Å². The lowest BCUT2D eigenvalue weighted by Gasteiger charge is -2.26. The number of carbonyl (C=O) groups is 1. The molecule has 6 heteroatoms. The molecule has 0 radical (unpaired) electrons. The van der Waals surface area contributed by atoms with Crippen LogP contribution in [0, 0.1) is 0 Å². The quantitative estimate of drug-likeness (QED) is 0.624. The summed E-state index contributed by atoms with van der Waals surface area (Å²) in [6, 6.07) is 13.4. The zero-order valence-corrected chi connectivity index (χ0v) is 19.0. The van der Waals surface area contributed by atoms with Gasteiger partial charge in [0.2, 0.25) is 16.6 Å².